The fraction of sp³-hybridized carbons (Fsp3) is 0.143. The van der Waals surface area contributed by atoms with Crippen molar-refractivity contribution in [3.8, 4) is 0 Å². The van der Waals surface area contributed by atoms with Gasteiger partial charge in [-0.15, -0.1) is 0 Å². The van der Waals surface area contributed by atoms with Crippen molar-refractivity contribution in [2.45, 2.75) is 17.4 Å². The highest BCUT2D eigenvalue weighted by molar-refractivity contribution is 7.89. The van der Waals surface area contributed by atoms with Crippen LogP contribution in [-0.2, 0) is 14.8 Å². The van der Waals surface area contributed by atoms with Crippen molar-refractivity contribution in [3.05, 3.63) is 59.4 Å². The molecular weight excluding hydrogens is 328 g/mol. The SMILES string of the molecule is O=C(O)CC(NS(=O)(=O)c1ccccc1Cl)c1ccccn1. The number of halogens is 1. The van der Waals surface area contributed by atoms with Gasteiger partial charge in [-0.2, -0.15) is 0 Å². The van der Waals surface area contributed by atoms with Gasteiger partial charge in [0.05, 0.1) is 23.2 Å². The lowest BCUT2D eigenvalue weighted by Gasteiger charge is -2.17. The summed E-state index contributed by atoms with van der Waals surface area (Å²) in [5.41, 5.74) is 0.320. The molecule has 1 aromatic heterocycles. The standard InChI is InChI=1S/C14H13ClN2O4S/c15-10-5-1-2-7-13(10)22(20,21)17-12(9-14(18)19)11-6-3-4-8-16-11/h1-8,12,17H,9H2,(H,18,19). The number of aliphatic carboxylic acids is 1. The van der Waals surface area contributed by atoms with E-state index in [1.165, 1.54) is 24.4 Å². The Labute approximate surface area is 132 Å². The van der Waals surface area contributed by atoms with Crippen LogP contribution < -0.4 is 4.72 Å². The molecule has 116 valence electrons. The molecule has 1 heterocycles. The van der Waals surface area contributed by atoms with Crippen molar-refractivity contribution in [1.29, 1.82) is 0 Å². The maximum atomic E-state index is 12.4. The van der Waals surface area contributed by atoms with Gasteiger partial charge in [0.15, 0.2) is 0 Å². The van der Waals surface area contributed by atoms with Gasteiger partial charge in [-0.3, -0.25) is 9.78 Å². The smallest absolute Gasteiger partial charge is 0.305 e. The summed E-state index contributed by atoms with van der Waals surface area (Å²) in [7, 11) is -3.97. The molecule has 8 heteroatoms. The minimum atomic E-state index is -3.97. The summed E-state index contributed by atoms with van der Waals surface area (Å²) in [4.78, 5) is 14.9. The highest BCUT2D eigenvalue weighted by atomic mass is 35.5. The molecule has 2 N–H and O–H groups in total. The summed E-state index contributed by atoms with van der Waals surface area (Å²) < 4.78 is 27.1. The predicted octanol–water partition coefficient (Wildman–Crippen LogP) is 2.23. The first-order chi connectivity index (χ1) is 10.4. The van der Waals surface area contributed by atoms with E-state index >= 15 is 0 Å². The normalized spacial score (nSPS) is 12.8. The summed E-state index contributed by atoms with van der Waals surface area (Å²) in [5, 5.41) is 9.04. The van der Waals surface area contributed by atoms with E-state index in [2.05, 4.69) is 9.71 Å². The number of hydrogen-bond acceptors (Lipinski definition) is 4. The third-order valence-electron chi connectivity index (χ3n) is 2.85. The van der Waals surface area contributed by atoms with E-state index in [1.54, 1.807) is 24.3 Å². The number of carboxylic acid groups (broad SMARTS) is 1. The zero-order valence-electron chi connectivity index (χ0n) is 11.3. The van der Waals surface area contributed by atoms with E-state index in [4.69, 9.17) is 16.7 Å². The third-order valence-corrected chi connectivity index (χ3v) is 4.82. The molecule has 0 saturated heterocycles. The Morgan fingerprint density at radius 1 is 1.23 bits per heavy atom. The van der Waals surface area contributed by atoms with E-state index in [9.17, 15) is 13.2 Å². The van der Waals surface area contributed by atoms with Gasteiger partial charge in [0.2, 0.25) is 10.0 Å². The van der Waals surface area contributed by atoms with Gasteiger partial charge in [0.25, 0.3) is 0 Å². The topological polar surface area (TPSA) is 96.4 Å². The summed E-state index contributed by atoms with van der Waals surface area (Å²) >= 11 is 5.89. The van der Waals surface area contributed by atoms with Crippen LogP contribution in [0.25, 0.3) is 0 Å². The molecule has 0 saturated carbocycles. The number of benzene rings is 1. The molecule has 0 amide bonds. The maximum absolute atomic E-state index is 12.4. The first kappa shape index (κ1) is 16.4. The Hall–Kier alpha value is -1.96. The number of rotatable bonds is 6. The lowest BCUT2D eigenvalue weighted by molar-refractivity contribution is -0.137. The Balaban J connectivity index is 2.35. The molecule has 0 aliphatic rings. The van der Waals surface area contributed by atoms with Crippen molar-refractivity contribution >= 4 is 27.6 Å². The Morgan fingerprint density at radius 3 is 2.50 bits per heavy atom. The van der Waals surface area contributed by atoms with Crippen molar-refractivity contribution in [1.82, 2.24) is 9.71 Å². The number of carbonyl (C=O) groups is 1. The molecule has 2 rings (SSSR count). The molecule has 2 aromatic rings. The number of aromatic nitrogens is 1. The third kappa shape index (κ3) is 4.03. The quantitative estimate of drug-likeness (QED) is 0.840. The molecule has 0 spiro atoms. The summed E-state index contributed by atoms with van der Waals surface area (Å²) in [5.74, 6) is -1.14. The average molecular weight is 341 g/mol. The van der Waals surface area contributed by atoms with Crippen LogP contribution in [0.1, 0.15) is 18.2 Å². The van der Waals surface area contributed by atoms with Gasteiger partial charge in [-0.25, -0.2) is 13.1 Å². The highest BCUT2D eigenvalue weighted by Gasteiger charge is 2.25. The highest BCUT2D eigenvalue weighted by Crippen LogP contribution is 2.23. The first-order valence-electron chi connectivity index (χ1n) is 6.30. The molecule has 1 aromatic carbocycles. The van der Waals surface area contributed by atoms with Crippen LogP contribution in [-0.4, -0.2) is 24.5 Å². The second-order valence-corrected chi connectivity index (χ2v) is 6.55. The first-order valence-corrected chi connectivity index (χ1v) is 8.16. The fourth-order valence-electron chi connectivity index (χ4n) is 1.88. The molecule has 0 bridgehead atoms. The Morgan fingerprint density at radius 2 is 1.91 bits per heavy atom. The van der Waals surface area contributed by atoms with Crippen molar-refractivity contribution < 1.29 is 18.3 Å². The zero-order valence-corrected chi connectivity index (χ0v) is 12.9. The molecule has 0 aliphatic carbocycles. The van der Waals surface area contributed by atoms with Crippen LogP contribution in [0.2, 0.25) is 5.02 Å². The van der Waals surface area contributed by atoms with Gasteiger partial charge in [-0.05, 0) is 24.3 Å². The fourth-order valence-corrected chi connectivity index (χ4v) is 3.61. The van der Waals surface area contributed by atoms with Crippen LogP contribution in [0, 0.1) is 0 Å². The molecule has 1 unspecified atom stereocenters. The van der Waals surface area contributed by atoms with Crippen molar-refractivity contribution in [2.75, 3.05) is 0 Å². The zero-order chi connectivity index (χ0) is 16.2. The molecule has 6 nitrogen and oxygen atoms in total. The monoisotopic (exact) mass is 340 g/mol. The predicted molar refractivity (Wildman–Crippen MR) is 81.0 cm³/mol. The maximum Gasteiger partial charge on any atom is 0.305 e. The van der Waals surface area contributed by atoms with Crippen LogP contribution in [0.3, 0.4) is 0 Å². The van der Waals surface area contributed by atoms with E-state index in [0.29, 0.717) is 5.69 Å². The second kappa shape index (κ2) is 6.87. The molecule has 22 heavy (non-hydrogen) atoms. The minimum Gasteiger partial charge on any atom is -0.481 e. The van der Waals surface area contributed by atoms with Gasteiger partial charge in [0, 0.05) is 6.20 Å². The van der Waals surface area contributed by atoms with Gasteiger partial charge < -0.3 is 5.11 Å². The van der Waals surface area contributed by atoms with E-state index in [1.807, 2.05) is 0 Å². The van der Waals surface area contributed by atoms with Crippen LogP contribution in [0.15, 0.2) is 53.6 Å². The summed E-state index contributed by atoms with van der Waals surface area (Å²) in [6.45, 7) is 0. The van der Waals surface area contributed by atoms with Crippen molar-refractivity contribution in [3.63, 3.8) is 0 Å². The van der Waals surface area contributed by atoms with E-state index in [0.717, 1.165) is 0 Å². The minimum absolute atomic E-state index is 0.0603. The van der Waals surface area contributed by atoms with Crippen LogP contribution >= 0.6 is 11.6 Å². The molecule has 1 atom stereocenters. The lowest BCUT2D eigenvalue weighted by atomic mass is 10.1. The molecule has 0 fully saturated rings. The second-order valence-electron chi connectivity index (χ2n) is 4.46. The molecular formula is C14H13ClN2O4S. The summed E-state index contributed by atoms with van der Waals surface area (Å²) in [6.07, 6.45) is 1.04. The van der Waals surface area contributed by atoms with Gasteiger partial charge in [0.1, 0.15) is 4.90 Å². The number of pyridine rings is 1. The summed E-state index contributed by atoms with van der Waals surface area (Å²) in [6, 6.07) is 9.82. The number of nitrogens with zero attached hydrogens (tertiary/aromatic N) is 1. The Bertz CT molecular complexity index is 765. The lowest BCUT2D eigenvalue weighted by Crippen LogP contribution is -2.31. The van der Waals surface area contributed by atoms with E-state index < -0.39 is 28.5 Å². The van der Waals surface area contributed by atoms with Crippen LogP contribution in [0.5, 0.6) is 0 Å². The largest absolute Gasteiger partial charge is 0.481 e. The molecule has 0 aliphatic heterocycles. The average Bonchev–Trinajstić information content (AvgIpc) is 2.47. The van der Waals surface area contributed by atoms with E-state index in [-0.39, 0.29) is 9.92 Å². The number of hydrogen-bond donors (Lipinski definition) is 2. The van der Waals surface area contributed by atoms with Gasteiger partial charge in [-0.1, -0.05) is 29.8 Å². The number of carboxylic acids is 1. The number of sulfonamides is 1. The van der Waals surface area contributed by atoms with Crippen molar-refractivity contribution in [2.24, 2.45) is 0 Å². The van der Waals surface area contributed by atoms with Crippen LogP contribution in [0.4, 0.5) is 0 Å². The molecule has 0 radical (unpaired) electrons. The van der Waals surface area contributed by atoms with Gasteiger partial charge >= 0.3 is 5.97 Å². The Kier molecular flexibility index (Phi) is 5.12. The number of nitrogens with one attached hydrogen (secondary N) is 1.